The quantitative estimate of drug-likeness (QED) is 0.190. The van der Waals surface area contributed by atoms with Crippen LogP contribution in [0.15, 0.2) is 47.5 Å². The van der Waals surface area contributed by atoms with E-state index in [-0.39, 0.29) is 22.9 Å². The molecule has 1 aliphatic rings. The first-order valence-electron chi connectivity index (χ1n) is 15.6. The highest BCUT2D eigenvalue weighted by molar-refractivity contribution is 6.20. The number of ether oxygens (including phenoxy) is 1. The number of aliphatic imine (C=N–C) groups is 1. The van der Waals surface area contributed by atoms with Gasteiger partial charge in [0.25, 0.3) is 5.91 Å². The van der Waals surface area contributed by atoms with E-state index in [1.807, 2.05) is 0 Å². The van der Waals surface area contributed by atoms with Gasteiger partial charge in [0.05, 0.1) is 11.4 Å². The summed E-state index contributed by atoms with van der Waals surface area (Å²) in [6, 6.07) is 7.38. The van der Waals surface area contributed by atoms with Crippen molar-refractivity contribution in [3.8, 4) is 0 Å². The first-order valence-corrected chi connectivity index (χ1v) is 15.6. The highest BCUT2D eigenvalue weighted by Gasteiger charge is 2.40. The minimum absolute atomic E-state index is 0.0670. The van der Waals surface area contributed by atoms with Crippen LogP contribution in [-0.4, -0.2) is 67.1 Å². The normalized spacial score (nSPS) is 17.0. The SMILES string of the molecule is Cc1cccc2c1N(COC(=O)[C@@H](N)C(C)C)C(=O)[C@@H](CNC(=O)[C@H](CCC(F)(F)F)[C@H](CCC(F)(F)F)C(N)=O)N=C2c1cccc(F)c1. The van der Waals surface area contributed by atoms with E-state index in [0.717, 1.165) is 11.0 Å². The molecule has 0 saturated carbocycles. The van der Waals surface area contributed by atoms with Gasteiger partial charge in [-0.1, -0.05) is 44.2 Å². The van der Waals surface area contributed by atoms with Crippen molar-refractivity contribution in [1.29, 1.82) is 0 Å². The fourth-order valence-electron chi connectivity index (χ4n) is 5.43. The minimum Gasteiger partial charge on any atom is -0.443 e. The second-order valence-corrected chi connectivity index (χ2v) is 12.3. The summed E-state index contributed by atoms with van der Waals surface area (Å²) in [6.07, 6.45) is -15.0. The number of nitrogens with zero attached hydrogens (tertiary/aromatic N) is 2. The van der Waals surface area contributed by atoms with Crippen molar-refractivity contribution in [3.63, 3.8) is 0 Å². The van der Waals surface area contributed by atoms with Crippen LogP contribution >= 0.6 is 0 Å². The summed E-state index contributed by atoms with van der Waals surface area (Å²) in [5.41, 5.74) is 12.4. The number of carbonyl (C=O) groups excluding carboxylic acids is 4. The van der Waals surface area contributed by atoms with Gasteiger partial charge in [-0.15, -0.1) is 0 Å². The number of anilines is 1. The Hall–Kier alpha value is -4.54. The molecule has 0 spiro atoms. The van der Waals surface area contributed by atoms with E-state index in [4.69, 9.17) is 16.2 Å². The maximum atomic E-state index is 14.4. The molecular formula is C33H38F7N5O5. The molecule has 274 valence electrons. The molecule has 5 N–H and O–H groups in total. The number of aryl methyl sites for hydroxylation is 1. The lowest BCUT2D eigenvalue weighted by atomic mass is 9.83. The molecule has 17 heteroatoms. The number of fused-ring (bicyclic) bond motifs is 1. The lowest BCUT2D eigenvalue weighted by Gasteiger charge is -2.28. The van der Waals surface area contributed by atoms with E-state index < -0.39 is 105 Å². The van der Waals surface area contributed by atoms with Crippen LogP contribution < -0.4 is 21.7 Å². The molecule has 10 nitrogen and oxygen atoms in total. The van der Waals surface area contributed by atoms with E-state index in [1.54, 1.807) is 39.0 Å². The summed E-state index contributed by atoms with van der Waals surface area (Å²) in [4.78, 5) is 57.9. The number of nitrogens with one attached hydrogen (secondary N) is 1. The van der Waals surface area contributed by atoms with Gasteiger partial charge in [-0.3, -0.25) is 29.1 Å². The number of hydrogen-bond donors (Lipinski definition) is 3. The second-order valence-electron chi connectivity index (χ2n) is 12.3. The zero-order valence-electron chi connectivity index (χ0n) is 27.4. The maximum Gasteiger partial charge on any atom is 0.389 e. The van der Waals surface area contributed by atoms with Crippen LogP contribution in [0.3, 0.4) is 0 Å². The maximum absolute atomic E-state index is 14.4. The highest BCUT2D eigenvalue weighted by atomic mass is 19.4. The Morgan fingerprint density at radius 2 is 1.58 bits per heavy atom. The standard InChI is InChI=1S/C33H38F7N5O5/c1-17(2)25(41)31(49)50-16-45-27-18(3)6-4-9-23(27)26(19-7-5-8-20(34)14-19)44-24(30(45)48)15-43-29(47)22(11-13-33(38,39)40)21(28(42)46)10-12-32(35,36)37/h4-9,14,17,21-22,24-25H,10-13,15-16,41H2,1-3H3,(H2,42,46)(H,43,47)/t21-,22+,24+,25-/m0/s1. The average Bonchev–Trinajstić information content (AvgIpc) is 3.13. The minimum atomic E-state index is -4.83. The number of amides is 3. The molecule has 0 fully saturated rings. The molecule has 1 heterocycles. The molecule has 0 aliphatic carbocycles. The summed E-state index contributed by atoms with van der Waals surface area (Å²) in [7, 11) is 0. The number of alkyl halides is 6. The molecule has 2 aromatic carbocycles. The Morgan fingerprint density at radius 3 is 2.14 bits per heavy atom. The molecule has 0 unspecified atom stereocenters. The third-order valence-electron chi connectivity index (χ3n) is 8.16. The number of nitrogens with two attached hydrogens (primary N) is 2. The van der Waals surface area contributed by atoms with Crippen molar-refractivity contribution < 1.29 is 54.6 Å². The van der Waals surface area contributed by atoms with Crippen molar-refractivity contribution in [1.82, 2.24) is 5.32 Å². The summed E-state index contributed by atoms with van der Waals surface area (Å²) in [6.45, 7) is 3.58. The van der Waals surface area contributed by atoms with Gasteiger partial charge < -0.3 is 21.5 Å². The van der Waals surface area contributed by atoms with Crippen LogP contribution in [-0.2, 0) is 23.9 Å². The highest BCUT2D eigenvalue weighted by Crippen LogP contribution is 2.34. The van der Waals surface area contributed by atoms with E-state index in [1.165, 1.54) is 18.2 Å². The van der Waals surface area contributed by atoms with E-state index in [9.17, 15) is 49.9 Å². The number of benzene rings is 2. The smallest absolute Gasteiger partial charge is 0.389 e. The van der Waals surface area contributed by atoms with E-state index in [0.29, 0.717) is 11.1 Å². The Balaban J connectivity index is 2.06. The Bertz CT molecular complexity index is 1600. The van der Waals surface area contributed by atoms with Crippen molar-refractivity contribution in [2.75, 3.05) is 18.2 Å². The Labute approximate surface area is 283 Å². The fraction of sp³-hybridized carbons (Fsp3) is 0.485. The molecular weight excluding hydrogens is 679 g/mol. The topological polar surface area (TPSA) is 157 Å². The summed E-state index contributed by atoms with van der Waals surface area (Å²) in [5, 5.41) is 2.27. The molecule has 0 saturated heterocycles. The number of halogens is 7. The van der Waals surface area contributed by atoms with Crippen LogP contribution in [0.5, 0.6) is 0 Å². The van der Waals surface area contributed by atoms with Gasteiger partial charge in [-0.05, 0) is 43.4 Å². The Kier molecular flexibility index (Phi) is 13.1. The number of esters is 1. The van der Waals surface area contributed by atoms with Gasteiger partial charge in [-0.25, -0.2) is 4.39 Å². The number of para-hydroxylation sites is 1. The van der Waals surface area contributed by atoms with Crippen molar-refractivity contribution in [3.05, 3.63) is 65.0 Å². The van der Waals surface area contributed by atoms with E-state index in [2.05, 4.69) is 10.3 Å². The van der Waals surface area contributed by atoms with Crippen molar-refractivity contribution >= 4 is 35.1 Å². The van der Waals surface area contributed by atoms with Crippen LogP contribution in [0.2, 0.25) is 0 Å². The average molecular weight is 718 g/mol. The first-order chi connectivity index (χ1) is 23.2. The molecule has 0 radical (unpaired) electrons. The number of rotatable bonds is 14. The monoisotopic (exact) mass is 717 g/mol. The predicted octanol–water partition coefficient (Wildman–Crippen LogP) is 4.69. The van der Waals surface area contributed by atoms with Gasteiger partial charge in [-0.2, -0.15) is 26.3 Å². The zero-order chi connectivity index (χ0) is 37.6. The third kappa shape index (κ3) is 10.7. The largest absolute Gasteiger partial charge is 0.443 e. The summed E-state index contributed by atoms with van der Waals surface area (Å²) in [5.74, 6) is -9.24. The fourth-order valence-corrected chi connectivity index (χ4v) is 5.43. The summed E-state index contributed by atoms with van der Waals surface area (Å²) >= 11 is 0. The van der Waals surface area contributed by atoms with Crippen LogP contribution in [0.25, 0.3) is 0 Å². The van der Waals surface area contributed by atoms with Crippen molar-refractivity contribution in [2.45, 2.75) is 70.9 Å². The van der Waals surface area contributed by atoms with Gasteiger partial charge in [0, 0.05) is 42.3 Å². The lowest BCUT2D eigenvalue weighted by molar-refractivity contribution is -0.152. The van der Waals surface area contributed by atoms with Crippen LogP contribution in [0.4, 0.5) is 36.4 Å². The number of hydrogen-bond acceptors (Lipinski definition) is 7. The molecule has 4 atom stereocenters. The van der Waals surface area contributed by atoms with E-state index >= 15 is 0 Å². The van der Waals surface area contributed by atoms with Crippen LogP contribution in [0, 0.1) is 30.5 Å². The van der Waals surface area contributed by atoms with Gasteiger partial charge >= 0.3 is 18.3 Å². The predicted molar refractivity (Wildman–Crippen MR) is 168 cm³/mol. The number of primary amides is 1. The van der Waals surface area contributed by atoms with Crippen LogP contribution in [0.1, 0.15) is 56.2 Å². The van der Waals surface area contributed by atoms with Gasteiger partial charge in [0.15, 0.2) is 6.73 Å². The molecule has 1 aliphatic heterocycles. The lowest BCUT2D eigenvalue weighted by Crippen LogP contribution is -2.48. The van der Waals surface area contributed by atoms with Crippen molar-refractivity contribution in [2.24, 2.45) is 34.2 Å². The molecule has 2 aromatic rings. The second kappa shape index (κ2) is 16.4. The molecule has 50 heavy (non-hydrogen) atoms. The van der Waals surface area contributed by atoms with Gasteiger partial charge in [0.2, 0.25) is 11.8 Å². The summed E-state index contributed by atoms with van der Waals surface area (Å²) < 4.78 is 98.4. The molecule has 3 amide bonds. The zero-order valence-corrected chi connectivity index (χ0v) is 27.4. The molecule has 0 bridgehead atoms. The number of benzodiazepines with no additional fused rings is 1. The molecule has 0 aromatic heterocycles. The van der Waals surface area contributed by atoms with Gasteiger partial charge in [0.1, 0.15) is 17.9 Å². The molecule has 3 rings (SSSR count). The Morgan fingerprint density at radius 1 is 0.980 bits per heavy atom. The first kappa shape index (κ1) is 39.9. The number of carbonyl (C=O) groups is 4. The third-order valence-corrected chi connectivity index (χ3v) is 8.16.